The normalized spacial score (nSPS) is 73.2. The molecule has 0 N–H and O–H groups in total. The molecule has 2 rings (SSSR count). The molecule has 2 fully saturated rings. The summed E-state index contributed by atoms with van der Waals surface area (Å²) in [5, 5.41) is 0. The fraction of sp³-hybridized carbons (Fsp3) is 1.00. The fourth-order valence-corrected chi connectivity index (χ4v) is 1.88. The van der Waals surface area contributed by atoms with Crippen molar-refractivity contribution in [3.63, 3.8) is 0 Å². The fourth-order valence-electron chi connectivity index (χ4n) is 1.88. The molecule has 1 aliphatic carbocycles. The van der Waals surface area contributed by atoms with E-state index in [1.165, 1.54) is 41.5 Å². The molecule has 2 unspecified atom stereocenters. The monoisotopic (exact) mass is 234 g/mol. The Hall–Kier alpha value is -0.0400. The molecule has 0 radical (unpaired) electrons. The molecule has 1 nitrogen and oxygen atoms in total. The second-order valence-corrected chi connectivity index (χ2v) is 6.35. The van der Waals surface area contributed by atoms with Crippen molar-refractivity contribution < 1.29 is 15.1 Å². The van der Waals surface area contributed by atoms with Crippen LogP contribution in [0.3, 0.4) is 0 Å². The third-order valence-electron chi connectivity index (χ3n) is 2.68. The minimum Gasteiger partial charge on any atom is -0.298 e. The Kier molecular flexibility index (Phi) is 1.06. The first kappa shape index (κ1) is 4.57. The lowest BCUT2D eigenvalue weighted by Crippen LogP contribution is -2.53. The van der Waals surface area contributed by atoms with Gasteiger partial charge in [0, 0.05) is 33.6 Å². The van der Waals surface area contributed by atoms with E-state index < -0.39 is 54.4 Å². The Balaban J connectivity index is 3.21. The van der Waals surface area contributed by atoms with Gasteiger partial charge in [-0.15, -0.1) is 0 Å². The molecule has 0 amide bonds. The first-order valence-electron chi connectivity index (χ1n) is 11.2. The van der Waals surface area contributed by atoms with Crippen molar-refractivity contribution in [3.8, 4) is 0 Å². The van der Waals surface area contributed by atoms with E-state index in [-0.39, 0.29) is 0 Å². The van der Waals surface area contributed by atoms with E-state index in [0.717, 1.165) is 0 Å². The van der Waals surface area contributed by atoms with E-state index in [4.69, 9.17) is 15.1 Å². The lowest BCUT2D eigenvalue weighted by molar-refractivity contribution is -0.00262. The van der Waals surface area contributed by atoms with Crippen molar-refractivity contribution in [2.75, 3.05) is 13.0 Å². The molecule has 94 valence electrons. The number of likely N-dealkylation sites (tertiary alicyclic amines) is 1. The minimum atomic E-state index is -3.31. The molecule has 0 aromatic heterocycles. The highest BCUT2D eigenvalue weighted by Crippen LogP contribution is 2.51. The summed E-state index contributed by atoms with van der Waals surface area (Å²) >= 11 is 0. The molecule has 1 heteroatoms. The van der Waals surface area contributed by atoms with Crippen LogP contribution in [0.4, 0.5) is 0 Å². The van der Waals surface area contributed by atoms with E-state index in [2.05, 4.69) is 0 Å². The molecule has 1 saturated carbocycles. The molecule has 0 aromatic rings. The summed E-state index contributed by atoms with van der Waals surface area (Å²) < 4.78 is 95.5. The molecule has 1 saturated heterocycles. The first-order valence-corrected chi connectivity index (χ1v) is 5.67. The van der Waals surface area contributed by atoms with Gasteiger partial charge in [-0.2, -0.15) is 0 Å². The highest BCUT2D eigenvalue weighted by molar-refractivity contribution is 4.99. The molecular weight excluding hydrogens is 194 g/mol. The van der Waals surface area contributed by atoms with Gasteiger partial charge in [0.05, 0.1) is 0 Å². The number of fused-ring (bicyclic) bond motifs is 2. The largest absolute Gasteiger partial charge is 0.298 e. The predicted octanol–water partition coefficient (Wildman–Crippen LogP) is 3.79. The Labute approximate surface area is 117 Å². The Bertz CT molecular complexity index is 620. The maximum Gasteiger partial charge on any atom is 0.0434 e. The second-order valence-electron chi connectivity index (χ2n) is 6.35. The molecule has 0 spiro atoms. The van der Waals surface area contributed by atoms with Gasteiger partial charge in [0.15, 0.2) is 0 Å². The predicted molar refractivity (Wildman–Crippen MR) is 70.5 cm³/mol. The topological polar surface area (TPSA) is 3.24 Å². The van der Waals surface area contributed by atoms with Gasteiger partial charge in [0.2, 0.25) is 0 Å². The average Bonchev–Trinajstić information content (AvgIpc) is 2.44. The minimum absolute atomic E-state index is 0.591. The van der Waals surface area contributed by atoms with E-state index in [1.807, 2.05) is 0 Å². The number of nitrogens with zero attached hydrogens (tertiary/aromatic N) is 1. The van der Waals surface area contributed by atoms with Gasteiger partial charge < -0.3 is 0 Å². The summed E-state index contributed by atoms with van der Waals surface area (Å²) in [7, 11) is 0. The van der Waals surface area contributed by atoms with Crippen LogP contribution < -0.4 is 0 Å². The molecule has 0 aromatic carbocycles. The summed E-state index contributed by atoms with van der Waals surface area (Å²) in [6, 6.07) is 0. The standard InChI is InChI=1S/C15H29N/c1-14(2,3)13-11-7-8-12(13)10-16(9-11)15(4,5)6/h11-13H,7-10H2,1-6H3/i7D2,8D2,9D2,10D2,11D,12D,13D. The van der Waals surface area contributed by atoms with Gasteiger partial charge in [-0.05, 0) is 56.6 Å². The van der Waals surface area contributed by atoms with Crippen LogP contribution in [0, 0.1) is 23.1 Å². The summed E-state index contributed by atoms with van der Waals surface area (Å²) in [4.78, 5) is 0.591. The van der Waals surface area contributed by atoms with Crippen LogP contribution in [-0.4, -0.2) is 23.4 Å². The summed E-state index contributed by atoms with van der Waals surface area (Å²) in [5.74, 6) is -8.93. The van der Waals surface area contributed by atoms with Crippen LogP contribution in [0.1, 0.15) is 69.4 Å². The van der Waals surface area contributed by atoms with E-state index >= 15 is 0 Å². The van der Waals surface area contributed by atoms with Gasteiger partial charge in [-0.25, -0.2) is 0 Å². The van der Waals surface area contributed by atoms with E-state index in [0.29, 0.717) is 4.90 Å². The van der Waals surface area contributed by atoms with Crippen LogP contribution >= 0.6 is 0 Å². The summed E-state index contributed by atoms with van der Waals surface area (Å²) in [6.07, 6.45) is -6.62. The highest BCUT2D eigenvalue weighted by Gasteiger charge is 2.48. The van der Waals surface area contributed by atoms with Crippen molar-refractivity contribution in [1.29, 1.82) is 0 Å². The lowest BCUT2D eigenvalue weighted by Gasteiger charge is -2.48. The van der Waals surface area contributed by atoms with Crippen molar-refractivity contribution in [2.24, 2.45) is 23.1 Å². The summed E-state index contributed by atoms with van der Waals surface area (Å²) in [6.45, 7) is 2.45. The van der Waals surface area contributed by atoms with Gasteiger partial charge in [0.25, 0.3) is 0 Å². The number of hydrogen-bond donors (Lipinski definition) is 0. The molecule has 1 heterocycles. The number of piperidine rings is 1. The third kappa shape index (κ3) is 2.16. The van der Waals surface area contributed by atoms with Crippen molar-refractivity contribution in [3.05, 3.63) is 0 Å². The average molecular weight is 234 g/mol. The highest BCUT2D eigenvalue weighted by atomic mass is 15.2. The number of rotatable bonds is 0. The van der Waals surface area contributed by atoms with E-state index in [1.54, 1.807) is 0 Å². The van der Waals surface area contributed by atoms with E-state index in [9.17, 15) is 0 Å². The molecule has 2 bridgehead atoms. The van der Waals surface area contributed by atoms with Crippen LogP contribution in [0.15, 0.2) is 0 Å². The molecular formula is C15H29N. The third-order valence-corrected chi connectivity index (χ3v) is 2.68. The number of hydrogen-bond acceptors (Lipinski definition) is 1. The zero-order valence-corrected chi connectivity index (χ0v) is 10.9. The smallest absolute Gasteiger partial charge is 0.0434 e. The van der Waals surface area contributed by atoms with Crippen LogP contribution in [0.2, 0.25) is 0 Å². The molecule has 2 atom stereocenters. The van der Waals surface area contributed by atoms with Gasteiger partial charge in [0.1, 0.15) is 0 Å². The maximum absolute atomic E-state index is 9.10. The Morgan fingerprint density at radius 3 is 1.75 bits per heavy atom. The molecule has 1 aliphatic heterocycles. The molecule has 2 aliphatic rings. The SMILES string of the molecule is [2H]C1([2H])N(C(C)(C)C)C([2H])([2H])C2([2H])C([2H])([2H])C([2H])([2H])C1([2H])C2([2H])C(C)(C)C. The quantitative estimate of drug-likeness (QED) is 0.616. The summed E-state index contributed by atoms with van der Waals surface area (Å²) in [5.41, 5.74) is -2.78. The van der Waals surface area contributed by atoms with Crippen LogP contribution in [0.5, 0.6) is 0 Å². The first-order chi connectivity index (χ1) is 11.4. The maximum atomic E-state index is 9.10. The van der Waals surface area contributed by atoms with Gasteiger partial charge in [-0.3, -0.25) is 4.90 Å². The van der Waals surface area contributed by atoms with Gasteiger partial charge >= 0.3 is 0 Å². The van der Waals surface area contributed by atoms with Gasteiger partial charge in [-0.1, -0.05) is 20.8 Å². The lowest BCUT2D eigenvalue weighted by atomic mass is 9.68. The Morgan fingerprint density at radius 1 is 1.00 bits per heavy atom. The molecule has 16 heavy (non-hydrogen) atoms. The zero-order chi connectivity index (χ0) is 22.1. The van der Waals surface area contributed by atoms with Crippen molar-refractivity contribution >= 4 is 0 Å². The van der Waals surface area contributed by atoms with Crippen LogP contribution in [0.25, 0.3) is 0 Å². The zero-order valence-electron chi connectivity index (χ0n) is 21.9. The second kappa shape index (κ2) is 3.73. The van der Waals surface area contributed by atoms with Crippen LogP contribution in [-0.2, 0) is 0 Å². The van der Waals surface area contributed by atoms with Crippen molar-refractivity contribution in [2.45, 2.75) is 59.8 Å². The van der Waals surface area contributed by atoms with Crippen molar-refractivity contribution in [1.82, 2.24) is 4.90 Å². The Morgan fingerprint density at radius 2 is 1.44 bits per heavy atom.